The molecule has 3 aromatic rings. The number of aryl methyl sites for hydroxylation is 2. The highest BCUT2D eigenvalue weighted by Crippen LogP contribution is 2.32. The Morgan fingerprint density at radius 3 is 2.54 bits per heavy atom. The van der Waals surface area contributed by atoms with Gasteiger partial charge in [-0.15, -0.1) is 0 Å². The van der Waals surface area contributed by atoms with Gasteiger partial charge in [0.25, 0.3) is 5.91 Å². The summed E-state index contributed by atoms with van der Waals surface area (Å²) < 4.78 is 14.3. The highest BCUT2D eigenvalue weighted by atomic mass is 32.1. The van der Waals surface area contributed by atoms with Crippen LogP contribution in [0.2, 0.25) is 0 Å². The Hall–Kier alpha value is -2.31. The molecule has 0 saturated carbocycles. The fraction of sp³-hybridized carbons (Fsp3) is 0.300. The molecule has 0 aliphatic heterocycles. The zero-order valence-corrected chi connectivity index (χ0v) is 16.3. The van der Waals surface area contributed by atoms with Crippen LogP contribution in [0.5, 0.6) is 0 Å². The third-order valence-corrected chi connectivity index (χ3v) is 5.25. The SMILES string of the molecule is Cc1cc(C)c2nc(N(CC[NH+](C)C)C(=O)c3ccc(F)cc3)sc2c1. The van der Waals surface area contributed by atoms with Crippen molar-refractivity contribution in [2.24, 2.45) is 0 Å². The highest BCUT2D eigenvalue weighted by Gasteiger charge is 2.22. The molecule has 26 heavy (non-hydrogen) atoms. The van der Waals surface area contributed by atoms with Crippen molar-refractivity contribution in [3.05, 3.63) is 58.9 Å². The average Bonchev–Trinajstić information content (AvgIpc) is 2.99. The molecule has 1 heterocycles. The van der Waals surface area contributed by atoms with Crippen LogP contribution in [-0.4, -0.2) is 38.1 Å². The van der Waals surface area contributed by atoms with Crippen LogP contribution in [-0.2, 0) is 0 Å². The van der Waals surface area contributed by atoms with Crippen molar-refractivity contribution in [2.45, 2.75) is 13.8 Å². The minimum atomic E-state index is -0.350. The molecule has 1 amide bonds. The van der Waals surface area contributed by atoms with Crippen molar-refractivity contribution < 1.29 is 14.1 Å². The van der Waals surface area contributed by atoms with Crippen molar-refractivity contribution in [1.82, 2.24) is 4.98 Å². The first-order valence-corrected chi connectivity index (χ1v) is 9.41. The molecule has 3 rings (SSSR count). The molecule has 0 saturated heterocycles. The van der Waals surface area contributed by atoms with Gasteiger partial charge in [0.05, 0.1) is 37.4 Å². The third kappa shape index (κ3) is 3.92. The molecule has 0 atom stereocenters. The minimum Gasteiger partial charge on any atom is -0.338 e. The molecular formula is C20H23FN3OS+. The van der Waals surface area contributed by atoms with Crippen molar-refractivity contribution in [2.75, 3.05) is 32.1 Å². The number of benzene rings is 2. The number of halogens is 1. The van der Waals surface area contributed by atoms with Crippen molar-refractivity contribution in [3.8, 4) is 0 Å². The van der Waals surface area contributed by atoms with Gasteiger partial charge in [-0.3, -0.25) is 9.69 Å². The number of hydrogen-bond acceptors (Lipinski definition) is 3. The standard InChI is InChI=1S/C20H22FN3OS/c1-13-11-14(2)18-17(12-13)26-20(22-18)24(10-9-23(3)4)19(25)15-5-7-16(21)8-6-15/h5-8,11-12H,9-10H2,1-4H3/p+1. The lowest BCUT2D eigenvalue weighted by Crippen LogP contribution is -3.06. The van der Waals surface area contributed by atoms with Crippen LogP contribution < -0.4 is 9.80 Å². The van der Waals surface area contributed by atoms with E-state index in [0.29, 0.717) is 17.2 Å². The molecule has 4 nitrogen and oxygen atoms in total. The predicted octanol–water partition coefficient (Wildman–Crippen LogP) is 2.84. The van der Waals surface area contributed by atoms with Crippen molar-refractivity contribution in [3.63, 3.8) is 0 Å². The summed E-state index contributed by atoms with van der Waals surface area (Å²) in [6, 6.07) is 9.87. The van der Waals surface area contributed by atoms with Crippen LogP contribution in [0.3, 0.4) is 0 Å². The van der Waals surface area contributed by atoms with E-state index in [4.69, 9.17) is 4.98 Å². The van der Waals surface area contributed by atoms with Gasteiger partial charge in [-0.1, -0.05) is 17.4 Å². The van der Waals surface area contributed by atoms with Crippen LogP contribution in [0.15, 0.2) is 36.4 Å². The first kappa shape index (κ1) is 18.5. The summed E-state index contributed by atoms with van der Waals surface area (Å²) in [7, 11) is 4.10. The Labute approximate surface area is 156 Å². The van der Waals surface area contributed by atoms with Crippen LogP contribution in [0.1, 0.15) is 21.5 Å². The second-order valence-electron chi connectivity index (χ2n) is 6.85. The monoisotopic (exact) mass is 372 g/mol. The molecule has 0 aliphatic rings. The van der Waals surface area contributed by atoms with Gasteiger partial charge < -0.3 is 4.90 Å². The predicted molar refractivity (Wildman–Crippen MR) is 105 cm³/mol. The average molecular weight is 372 g/mol. The van der Waals surface area contributed by atoms with E-state index in [1.54, 1.807) is 4.90 Å². The van der Waals surface area contributed by atoms with Crippen LogP contribution >= 0.6 is 11.3 Å². The van der Waals surface area contributed by atoms with Gasteiger partial charge in [0.2, 0.25) is 0 Å². The molecule has 2 aromatic carbocycles. The number of thiazole rings is 1. The number of hydrogen-bond donors (Lipinski definition) is 1. The summed E-state index contributed by atoms with van der Waals surface area (Å²) in [4.78, 5) is 20.7. The smallest absolute Gasteiger partial charge is 0.260 e. The fourth-order valence-corrected chi connectivity index (χ4v) is 4.01. The van der Waals surface area contributed by atoms with Gasteiger partial charge in [-0.05, 0) is 55.3 Å². The Kier molecular flexibility index (Phi) is 5.34. The van der Waals surface area contributed by atoms with Gasteiger partial charge in [0.15, 0.2) is 5.13 Å². The summed E-state index contributed by atoms with van der Waals surface area (Å²) in [5.74, 6) is -0.503. The number of fused-ring (bicyclic) bond motifs is 1. The molecule has 1 N–H and O–H groups in total. The molecule has 0 radical (unpaired) electrons. The highest BCUT2D eigenvalue weighted by molar-refractivity contribution is 7.22. The van der Waals surface area contributed by atoms with E-state index < -0.39 is 0 Å². The van der Waals surface area contributed by atoms with Gasteiger partial charge in [-0.25, -0.2) is 9.37 Å². The summed E-state index contributed by atoms with van der Waals surface area (Å²) in [6.45, 7) is 5.44. The number of carbonyl (C=O) groups excluding carboxylic acids is 1. The van der Waals surface area contributed by atoms with Crippen molar-refractivity contribution in [1.29, 1.82) is 0 Å². The van der Waals surface area contributed by atoms with Gasteiger partial charge in [-0.2, -0.15) is 0 Å². The second-order valence-corrected chi connectivity index (χ2v) is 7.85. The quantitative estimate of drug-likeness (QED) is 0.748. The minimum absolute atomic E-state index is 0.153. The number of aromatic nitrogens is 1. The van der Waals surface area contributed by atoms with Crippen LogP contribution in [0.4, 0.5) is 9.52 Å². The number of rotatable bonds is 5. The topological polar surface area (TPSA) is 37.6 Å². The Balaban J connectivity index is 2.01. The third-order valence-electron chi connectivity index (χ3n) is 4.22. The zero-order valence-electron chi connectivity index (χ0n) is 15.5. The Morgan fingerprint density at radius 2 is 1.88 bits per heavy atom. The van der Waals surface area contributed by atoms with Crippen LogP contribution in [0.25, 0.3) is 10.2 Å². The van der Waals surface area contributed by atoms with E-state index in [9.17, 15) is 9.18 Å². The van der Waals surface area contributed by atoms with Crippen LogP contribution in [0, 0.1) is 19.7 Å². The van der Waals surface area contributed by atoms with Gasteiger partial charge >= 0.3 is 0 Å². The van der Waals surface area contributed by atoms with E-state index in [2.05, 4.69) is 19.1 Å². The summed E-state index contributed by atoms with van der Waals surface area (Å²) in [5, 5.41) is 0.685. The maximum absolute atomic E-state index is 13.2. The van der Waals surface area contributed by atoms with E-state index in [1.807, 2.05) is 21.0 Å². The van der Waals surface area contributed by atoms with Gasteiger partial charge in [0.1, 0.15) is 5.82 Å². The Bertz CT molecular complexity index is 934. The number of likely N-dealkylation sites (N-methyl/N-ethyl adjacent to an activating group) is 1. The summed E-state index contributed by atoms with van der Waals surface area (Å²) in [5.41, 5.74) is 3.69. The first-order valence-electron chi connectivity index (χ1n) is 8.59. The number of anilines is 1. The van der Waals surface area contributed by atoms with E-state index >= 15 is 0 Å². The molecule has 0 spiro atoms. The number of amides is 1. The molecule has 136 valence electrons. The number of carbonyl (C=O) groups is 1. The lowest BCUT2D eigenvalue weighted by atomic mass is 10.1. The molecule has 1 aromatic heterocycles. The summed E-state index contributed by atoms with van der Waals surface area (Å²) in [6.07, 6.45) is 0. The first-order chi connectivity index (χ1) is 12.3. The van der Waals surface area contributed by atoms with Crippen molar-refractivity contribution >= 4 is 32.6 Å². The number of quaternary nitrogens is 1. The molecule has 0 fully saturated rings. The lowest BCUT2D eigenvalue weighted by Gasteiger charge is -2.20. The second kappa shape index (κ2) is 7.51. The van der Waals surface area contributed by atoms with E-state index in [1.165, 1.54) is 46.1 Å². The maximum atomic E-state index is 13.2. The van der Waals surface area contributed by atoms with E-state index in [-0.39, 0.29) is 11.7 Å². The molecule has 0 unspecified atom stereocenters. The molecular weight excluding hydrogens is 349 g/mol. The fourth-order valence-electron chi connectivity index (χ4n) is 2.84. The largest absolute Gasteiger partial charge is 0.338 e. The normalized spacial score (nSPS) is 11.3. The molecule has 0 aliphatic carbocycles. The number of nitrogens with zero attached hydrogens (tertiary/aromatic N) is 2. The summed E-state index contributed by atoms with van der Waals surface area (Å²) >= 11 is 1.52. The molecule has 0 bridgehead atoms. The zero-order chi connectivity index (χ0) is 18.8. The number of nitrogens with one attached hydrogen (secondary N) is 1. The van der Waals surface area contributed by atoms with Gasteiger partial charge in [0, 0.05) is 5.56 Å². The lowest BCUT2D eigenvalue weighted by molar-refractivity contribution is -0.856. The molecule has 6 heteroatoms. The van der Waals surface area contributed by atoms with E-state index in [0.717, 1.165) is 22.3 Å². The maximum Gasteiger partial charge on any atom is 0.260 e. The Morgan fingerprint density at radius 1 is 1.19 bits per heavy atom.